The number of aliphatic imine (C=N–C) groups is 1. The number of hydrogen-bond acceptors (Lipinski definition) is 8. The van der Waals surface area contributed by atoms with Crippen molar-refractivity contribution < 1.29 is 9.21 Å². The van der Waals surface area contributed by atoms with Gasteiger partial charge in [0.2, 0.25) is 0 Å². The molecule has 3 N–H and O–H groups in total. The van der Waals surface area contributed by atoms with Crippen LogP contribution in [0.5, 0.6) is 0 Å². The van der Waals surface area contributed by atoms with E-state index in [0.29, 0.717) is 16.9 Å². The molecule has 2 aromatic heterocycles. The van der Waals surface area contributed by atoms with E-state index < -0.39 is 5.54 Å². The van der Waals surface area contributed by atoms with E-state index in [-0.39, 0.29) is 16.3 Å². The summed E-state index contributed by atoms with van der Waals surface area (Å²) in [5.41, 5.74) is 7.21. The molecule has 2 aromatic rings. The van der Waals surface area contributed by atoms with E-state index in [4.69, 9.17) is 10.2 Å². The van der Waals surface area contributed by atoms with Gasteiger partial charge in [0, 0.05) is 25.0 Å². The molecule has 0 spiro atoms. The Hall–Kier alpha value is -2.55. The molecule has 8 nitrogen and oxygen atoms in total. The number of carbonyl (C=O) groups excluding carboxylic acids is 1. The van der Waals surface area contributed by atoms with Crippen LogP contribution < -0.4 is 16.0 Å². The van der Waals surface area contributed by atoms with E-state index in [2.05, 4.69) is 34.1 Å². The SMILES string of the molecule is CN(C)c1nc(C(=O)Nc2cncc([C@]3(C)CC(C)(C)SC(N)=N3)c2)co1. The number of carbonyl (C=O) groups is 1. The van der Waals surface area contributed by atoms with Crippen molar-refractivity contribution in [3.63, 3.8) is 0 Å². The van der Waals surface area contributed by atoms with Crippen molar-refractivity contribution in [1.29, 1.82) is 0 Å². The lowest BCUT2D eigenvalue weighted by atomic mass is 9.84. The number of aromatic nitrogens is 2. The maximum absolute atomic E-state index is 12.4. The van der Waals surface area contributed by atoms with Crippen LogP contribution in [-0.4, -0.2) is 39.9 Å². The van der Waals surface area contributed by atoms with Crippen LogP contribution in [0, 0.1) is 0 Å². The Kier molecular flexibility index (Phi) is 4.90. The molecule has 3 heterocycles. The molecule has 3 rings (SSSR count). The zero-order chi connectivity index (χ0) is 19.8. The van der Waals surface area contributed by atoms with Gasteiger partial charge in [-0.3, -0.25) is 14.8 Å². The minimum absolute atomic E-state index is 0.0386. The molecule has 0 aromatic carbocycles. The minimum Gasteiger partial charge on any atom is -0.431 e. The fourth-order valence-electron chi connectivity index (χ4n) is 3.19. The van der Waals surface area contributed by atoms with Crippen molar-refractivity contribution >= 4 is 34.5 Å². The van der Waals surface area contributed by atoms with E-state index in [0.717, 1.165) is 12.0 Å². The highest BCUT2D eigenvalue weighted by Gasteiger charge is 2.39. The summed E-state index contributed by atoms with van der Waals surface area (Å²) in [5, 5.41) is 3.37. The fraction of sp³-hybridized carbons (Fsp3) is 0.444. The zero-order valence-corrected chi connectivity index (χ0v) is 16.9. The number of nitrogens with zero attached hydrogens (tertiary/aromatic N) is 4. The number of amidine groups is 1. The lowest BCUT2D eigenvalue weighted by Crippen LogP contribution is -2.38. The first-order chi connectivity index (χ1) is 12.6. The largest absolute Gasteiger partial charge is 0.431 e. The number of pyridine rings is 1. The Morgan fingerprint density at radius 2 is 2.07 bits per heavy atom. The van der Waals surface area contributed by atoms with Crippen LogP contribution >= 0.6 is 11.8 Å². The lowest BCUT2D eigenvalue weighted by Gasteiger charge is -2.39. The van der Waals surface area contributed by atoms with Crippen molar-refractivity contribution in [2.75, 3.05) is 24.3 Å². The molecule has 1 amide bonds. The molecular formula is C18H24N6O2S. The molecule has 0 saturated heterocycles. The standard InChI is InChI=1S/C18H24N6O2S/c1-17(2)10-18(3,23-15(19)27-17)11-6-12(8-20-7-11)21-14(25)13-9-26-16(22-13)24(4)5/h6-9H,10H2,1-5H3,(H2,19,23)(H,21,25)/t18-/m0/s1. The van der Waals surface area contributed by atoms with E-state index in [9.17, 15) is 4.79 Å². The van der Waals surface area contributed by atoms with Crippen LogP contribution in [0.3, 0.4) is 0 Å². The van der Waals surface area contributed by atoms with Crippen LogP contribution in [0.2, 0.25) is 0 Å². The highest BCUT2D eigenvalue weighted by Crippen LogP contribution is 2.44. The van der Waals surface area contributed by atoms with Gasteiger partial charge in [0.25, 0.3) is 11.9 Å². The van der Waals surface area contributed by atoms with Crippen molar-refractivity contribution in [2.45, 2.75) is 37.5 Å². The van der Waals surface area contributed by atoms with E-state index in [1.165, 1.54) is 6.26 Å². The first kappa shape index (κ1) is 19.2. The van der Waals surface area contributed by atoms with Gasteiger partial charge in [-0.05, 0) is 25.0 Å². The second-order valence-electron chi connectivity index (χ2n) is 7.59. The summed E-state index contributed by atoms with van der Waals surface area (Å²) in [6, 6.07) is 2.24. The number of nitrogens with one attached hydrogen (secondary N) is 1. The fourth-order valence-corrected chi connectivity index (χ4v) is 4.36. The van der Waals surface area contributed by atoms with Crippen LogP contribution in [0.1, 0.15) is 43.2 Å². The Balaban J connectivity index is 1.83. The number of amides is 1. The first-order valence-electron chi connectivity index (χ1n) is 8.52. The van der Waals surface area contributed by atoms with Crippen LogP contribution in [0.4, 0.5) is 11.7 Å². The van der Waals surface area contributed by atoms with Crippen molar-refractivity contribution in [2.24, 2.45) is 10.7 Å². The molecule has 9 heteroatoms. The van der Waals surface area contributed by atoms with Crippen molar-refractivity contribution in [3.8, 4) is 0 Å². The van der Waals surface area contributed by atoms with Gasteiger partial charge >= 0.3 is 0 Å². The minimum atomic E-state index is -0.501. The van der Waals surface area contributed by atoms with Crippen molar-refractivity contribution in [3.05, 3.63) is 36.0 Å². The highest BCUT2D eigenvalue weighted by molar-refractivity contribution is 8.15. The van der Waals surface area contributed by atoms with Gasteiger partial charge in [0.1, 0.15) is 6.26 Å². The normalized spacial score (nSPS) is 21.4. The predicted octanol–water partition coefficient (Wildman–Crippen LogP) is 2.83. The molecule has 1 aliphatic heterocycles. The van der Waals surface area contributed by atoms with E-state index in [1.54, 1.807) is 43.2 Å². The molecule has 0 bridgehead atoms. The molecule has 0 aliphatic carbocycles. The van der Waals surface area contributed by atoms with E-state index in [1.807, 2.05) is 13.0 Å². The van der Waals surface area contributed by atoms with Gasteiger partial charge in [-0.15, -0.1) is 0 Å². The van der Waals surface area contributed by atoms with Gasteiger partial charge in [0.05, 0.1) is 17.4 Å². The van der Waals surface area contributed by atoms with Crippen LogP contribution in [0.25, 0.3) is 0 Å². The molecule has 0 fully saturated rings. The Morgan fingerprint density at radius 1 is 1.33 bits per heavy atom. The van der Waals surface area contributed by atoms with Gasteiger partial charge in [0.15, 0.2) is 10.9 Å². The average molecular weight is 388 g/mol. The maximum atomic E-state index is 12.4. The van der Waals surface area contributed by atoms with Gasteiger partial charge < -0.3 is 20.4 Å². The third-order valence-corrected chi connectivity index (χ3v) is 5.23. The quantitative estimate of drug-likeness (QED) is 0.829. The zero-order valence-electron chi connectivity index (χ0n) is 16.1. The topological polar surface area (TPSA) is 110 Å². The third kappa shape index (κ3) is 4.24. The summed E-state index contributed by atoms with van der Waals surface area (Å²) in [4.78, 5) is 27.2. The van der Waals surface area contributed by atoms with Crippen LogP contribution in [0.15, 0.2) is 34.1 Å². The molecule has 0 unspecified atom stereocenters. The summed E-state index contributed by atoms with van der Waals surface area (Å²) in [5.74, 6) is -0.363. The summed E-state index contributed by atoms with van der Waals surface area (Å²) in [7, 11) is 3.58. The monoisotopic (exact) mass is 388 g/mol. The van der Waals surface area contributed by atoms with Gasteiger partial charge in [-0.25, -0.2) is 0 Å². The molecule has 1 aliphatic rings. The van der Waals surface area contributed by atoms with E-state index >= 15 is 0 Å². The first-order valence-corrected chi connectivity index (χ1v) is 9.34. The van der Waals surface area contributed by atoms with Gasteiger partial charge in [-0.2, -0.15) is 4.98 Å². The highest BCUT2D eigenvalue weighted by atomic mass is 32.2. The smallest absolute Gasteiger partial charge is 0.297 e. The number of oxazole rings is 1. The third-order valence-electron chi connectivity index (χ3n) is 4.23. The Bertz CT molecular complexity index is 891. The number of nitrogens with two attached hydrogens (primary N) is 1. The Morgan fingerprint density at radius 3 is 2.70 bits per heavy atom. The molecule has 144 valence electrons. The number of rotatable bonds is 4. The average Bonchev–Trinajstić information content (AvgIpc) is 3.03. The second-order valence-corrected chi connectivity index (χ2v) is 9.32. The van der Waals surface area contributed by atoms with Gasteiger partial charge in [-0.1, -0.05) is 25.6 Å². The number of anilines is 2. The Labute approximate surface area is 162 Å². The number of thioether (sulfide) groups is 1. The number of hydrogen-bond donors (Lipinski definition) is 2. The second kappa shape index (κ2) is 6.88. The predicted molar refractivity (Wildman–Crippen MR) is 108 cm³/mol. The summed E-state index contributed by atoms with van der Waals surface area (Å²) >= 11 is 1.57. The molecule has 0 saturated carbocycles. The summed E-state index contributed by atoms with van der Waals surface area (Å²) < 4.78 is 5.22. The van der Waals surface area contributed by atoms with Crippen LogP contribution in [-0.2, 0) is 5.54 Å². The summed E-state index contributed by atoms with van der Waals surface area (Å²) in [6.45, 7) is 6.32. The lowest BCUT2D eigenvalue weighted by molar-refractivity contribution is 0.102. The molecule has 0 radical (unpaired) electrons. The maximum Gasteiger partial charge on any atom is 0.297 e. The molecule has 1 atom stereocenters. The molecular weight excluding hydrogens is 364 g/mol. The van der Waals surface area contributed by atoms with Crippen molar-refractivity contribution in [1.82, 2.24) is 9.97 Å². The summed E-state index contributed by atoms with van der Waals surface area (Å²) in [6.07, 6.45) is 5.49. The molecule has 27 heavy (non-hydrogen) atoms.